The van der Waals surface area contributed by atoms with E-state index in [1.807, 2.05) is 0 Å². The lowest BCUT2D eigenvalue weighted by Gasteiger charge is -2.34. The molecule has 6 heteroatoms. The predicted octanol–water partition coefficient (Wildman–Crippen LogP) is 2.76. The lowest BCUT2D eigenvalue weighted by atomic mass is 10.0. The maximum atomic E-state index is 12.8. The van der Waals surface area contributed by atoms with E-state index in [9.17, 15) is 4.79 Å². The number of hydrogen-bond acceptors (Lipinski definition) is 4. The van der Waals surface area contributed by atoms with Crippen LogP contribution in [-0.4, -0.2) is 44.7 Å². The van der Waals surface area contributed by atoms with Gasteiger partial charge in [0.1, 0.15) is 5.82 Å². The number of hydrogen-bond donors (Lipinski definition) is 1. The van der Waals surface area contributed by atoms with Crippen molar-refractivity contribution in [2.45, 2.75) is 89.3 Å². The highest BCUT2D eigenvalue weighted by molar-refractivity contribution is 5.81. The normalized spacial score (nSPS) is 24.4. The van der Waals surface area contributed by atoms with Gasteiger partial charge in [0.05, 0.1) is 12.6 Å². The largest absolute Gasteiger partial charge is 0.347 e. The molecule has 1 aromatic heterocycles. The van der Waals surface area contributed by atoms with Crippen LogP contribution >= 0.6 is 0 Å². The number of nitrogens with one attached hydrogen (secondary N) is 1. The fourth-order valence-electron chi connectivity index (χ4n) is 4.01. The van der Waals surface area contributed by atoms with Crippen LogP contribution in [0.3, 0.4) is 0 Å². The maximum absolute atomic E-state index is 12.8. The zero-order chi connectivity index (χ0) is 17.2. The number of aromatic nitrogens is 3. The van der Waals surface area contributed by atoms with E-state index >= 15 is 0 Å². The zero-order valence-electron chi connectivity index (χ0n) is 15.4. The molecule has 1 unspecified atom stereocenters. The van der Waals surface area contributed by atoms with E-state index in [4.69, 9.17) is 0 Å². The molecule has 2 saturated carbocycles. The Hall–Kier alpha value is -1.43. The van der Waals surface area contributed by atoms with Gasteiger partial charge in [0, 0.05) is 12.0 Å². The molecule has 0 aromatic carbocycles. The van der Waals surface area contributed by atoms with Crippen LogP contribution in [0, 0.1) is 0 Å². The van der Waals surface area contributed by atoms with Gasteiger partial charge in [-0.1, -0.05) is 19.8 Å². The van der Waals surface area contributed by atoms with Crippen LogP contribution in [0.1, 0.15) is 88.3 Å². The second-order valence-corrected chi connectivity index (χ2v) is 7.97. The average molecular weight is 345 g/mol. The van der Waals surface area contributed by atoms with E-state index in [1.165, 1.54) is 44.9 Å². The Bertz CT molecular complexity index is 605. The highest BCUT2D eigenvalue weighted by atomic mass is 16.2. The first-order valence-electron chi connectivity index (χ1n) is 10.2. The third kappa shape index (κ3) is 3.89. The van der Waals surface area contributed by atoms with Crippen LogP contribution in [0.25, 0.3) is 0 Å². The molecule has 2 heterocycles. The summed E-state index contributed by atoms with van der Waals surface area (Å²) in [6.45, 7) is 4.83. The summed E-state index contributed by atoms with van der Waals surface area (Å²) in [5.74, 6) is 2.90. The topological polar surface area (TPSA) is 63.1 Å². The molecule has 1 amide bonds. The van der Waals surface area contributed by atoms with Gasteiger partial charge in [-0.2, -0.15) is 0 Å². The molecule has 1 atom stereocenters. The zero-order valence-corrected chi connectivity index (χ0v) is 15.4. The Balaban J connectivity index is 1.38. The van der Waals surface area contributed by atoms with E-state index < -0.39 is 0 Å². The molecule has 1 saturated heterocycles. The average Bonchev–Trinajstić information content (AvgIpc) is 3.57. The van der Waals surface area contributed by atoms with Crippen molar-refractivity contribution in [3.05, 3.63) is 11.6 Å². The predicted molar refractivity (Wildman–Crippen MR) is 96.2 cm³/mol. The van der Waals surface area contributed by atoms with Crippen LogP contribution in [0.5, 0.6) is 0 Å². The summed E-state index contributed by atoms with van der Waals surface area (Å²) in [6, 6.07) is 0.619. The summed E-state index contributed by atoms with van der Waals surface area (Å²) in [5.41, 5.74) is 0. The van der Waals surface area contributed by atoms with E-state index in [0.717, 1.165) is 37.6 Å². The van der Waals surface area contributed by atoms with Crippen molar-refractivity contribution in [3.63, 3.8) is 0 Å². The van der Waals surface area contributed by atoms with Crippen LogP contribution < -0.4 is 5.32 Å². The van der Waals surface area contributed by atoms with Crippen molar-refractivity contribution in [1.82, 2.24) is 25.0 Å². The number of carbonyl (C=O) groups excluding carboxylic acids is 1. The summed E-state index contributed by atoms with van der Waals surface area (Å²) in [4.78, 5) is 15.2. The van der Waals surface area contributed by atoms with E-state index in [-0.39, 0.29) is 11.9 Å². The lowest BCUT2D eigenvalue weighted by Crippen LogP contribution is -2.49. The molecule has 0 radical (unpaired) electrons. The van der Waals surface area contributed by atoms with Gasteiger partial charge in [0.25, 0.3) is 0 Å². The first-order chi connectivity index (χ1) is 12.3. The number of carbonyl (C=O) groups is 1. The second-order valence-electron chi connectivity index (χ2n) is 7.97. The Labute approximate surface area is 150 Å². The highest BCUT2D eigenvalue weighted by Gasteiger charge is 2.36. The fourth-order valence-corrected chi connectivity index (χ4v) is 4.01. The van der Waals surface area contributed by atoms with Crippen LogP contribution in [0.15, 0.2) is 0 Å². The molecule has 3 fully saturated rings. The van der Waals surface area contributed by atoms with Crippen LogP contribution in [0.2, 0.25) is 0 Å². The van der Waals surface area contributed by atoms with Crippen molar-refractivity contribution in [2.75, 3.05) is 13.1 Å². The Morgan fingerprint density at radius 2 is 2.00 bits per heavy atom. The molecule has 138 valence electrons. The first kappa shape index (κ1) is 17.0. The number of amides is 1. The number of piperidine rings is 1. The van der Waals surface area contributed by atoms with Gasteiger partial charge in [-0.25, -0.2) is 0 Å². The second kappa shape index (κ2) is 7.44. The molecule has 25 heavy (non-hydrogen) atoms. The Morgan fingerprint density at radius 3 is 2.72 bits per heavy atom. The third-order valence-corrected chi connectivity index (χ3v) is 5.78. The van der Waals surface area contributed by atoms with Crippen molar-refractivity contribution < 1.29 is 4.79 Å². The molecule has 0 spiro atoms. The van der Waals surface area contributed by atoms with Gasteiger partial charge in [-0.15, -0.1) is 10.2 Å². The molecular weight excluding hydrogens is 314 g/mol. The van der Waals surface area contributed by atoms with Crippen molar-refractivity contribution in [3.8, 4) is 0 Å². The molecule has 0 bridgehead atoms. The van der Waals surface area contributed by atoms with Crippen LogP contribution in [-0.2, 0) is 11.3 Å². The molecule has 1 aliphatic heterocycles. The van der Waals surface area contributed by atoms with Gasteiger partial charge in [0.2, 0.25) is 5.91 Å². The minimum Gasteiger partial charge on any atom is -0.347 e. The number of rotatable bonds is 8. The SMILES string of the molecule is CCCCN1CCCCC1C(=O)NCc1nnc(C2CC2)n1C1CC1. The molecule has 6 nitrogen and oxygen atoms in total. The Morgan fingerprint density at radius 1 is 1.16 bits per heavy atom. The Kier molecular flexibility index (Phi) is 5.06. The van der Waals surface area contributed by atoms with Gasteiger partial charge < -0.3 is 9.88 Å². The van der Waals surface area contributed by atoms with Crippen molar-refractivity contribution in [2.24, 2.45) is 0 Å². The minimum atomic E-state index is 0.0421. The summed E-state index contributed by atoms with van der Waals surface area (Å²) in [7, 11) is 0. The van der Waals surface area contributed by atoms with E-state index in [2.05, 4.69) is 31.9 Å². The standard InChI is InChI=1S/C19H31N5O/c1-2-3-11-23-12-5-4-6-16(23)19(25)20-13-17-21-22-18(14-7-8-14)24(17)15-9-10-15/h14-16H,2-13H2,1H3,(H,20,25). The lowest BCUT2D eigenvalue weighted by molar-refractivity contribution is -0.127. The maximum Gasteiger partial charge on any atom is 0.237 e. The van der Waals surface area contributed by atoms with Crippen LogP contribution in [0.4, 0.5) is 0 Å². The first-order valence-corrected chi connectivity index (χ1v) is 10.2. The minimum absolute atomic E-state index is 0.0421. The molecule has 1 N–H and O–H groups in total. The molecular formula is C19H31N5O. The van der Waals surface area contributed by atoms with Crippen molar-refractivity contribution in [1.29, 1.82) is 0 Å². The van der Waals surface area contributed by atoms with E-state index in [0.29, 0.717) is 18.5 Å². The van der Waals surface area contributed by atoms with Crippen molar-refractivity contribution >= 4 is 5.91 Å². The smallest absolute Gasteiger partial charge is 0.237 e. The molecule has 1 aromatic rings. The third-order valence-electron chi connectivity index (χ3n) is 5.78. The van der Waals surface area contributed by atoms with E-state index in [1.54, 1.807) is 0 Å². The highest BCUT2D eigenvalue weighted by Crippen LogP contribution is 2.44. The molecule has 2 aliphatic carbocycles. The molecule has 3 aliphatic rings. The summed E-state index contributed by atoms with van der Waals surface area (Å²) >= 11 is 0. The number of unbranched alkanes of at least 4 members (excludes halogenated alkanes) is 1. The summed E-state index contributed by atoms with van der Waals surface area (Å²) < 4.78 is 2.33. The summed E-state index contributed by atoms with van der Waals surface area (Å²) in [6.07, 6.45) is 10.6. The van der Waals surface area contributed by atoms with Gasteiger partial charge in [-0.05, 0) is 58.0 Å². The van der Waals surface area contributed by atoms with Gasteiger partial charge >= 0.3 is 0 Å². The monoisotopic (exact) mass is 345 g/mol. The van der Waals surface area contributed by atoms with Gasteiger partial charge in [-0.3, -0.25) is 9.69 Å². The fraction of sp³-hybridized carbons (Fsp3) is 0.842. The summed E-state index contributed by atoms with van der Waals surface area (Å²) in [5, 5.41) is 12.0. The van der Waals surface area contributed by atoms with Gasteiger partial charge in [0.15, 0.2) is 5.82 Å². The number of nitrogens with zero attached hydrogens (tertiary/aromatic N) is 4. The molecule has 4 rings (SSSR count). The quantitative estimate of drug-likeness (QED) is 0.787. The number of likely N-dealkylation sites (tertiary alicyclic amines) is 1.